The summed E-state index contributed by atoms with van der Waals surface area (Å²) in [4.78, 5) is 11.1. The Balaban J connectivity index is 2.56. The summed E-state index contributed by atoms with van der Waals surface area (Å²) in [5.74, 6) is 0.0770. The summed E-state index contributed by atoms with van der Waals surface area (Å²) in [6.07, 6.45) is 0.154. The van der Waals surface area contributed by atoms with E-state index >= 15 is 0 Å². The summed E-state index contributed by atoms with van der Waals surface area (Å²) in [5, 5.41) is 12.1. The largest absolute Gasteiger partial charge is 0.491 e. The van der Waals surface area contributed by atoms with Gasteiger partial charge in [0.25, 0.3) is 0 Å². The van der Waals surface area contributed by atoms with Crippen LogP contribution in [-0.4, -0.2) is 23.2 Å². The molecule has 0 saturated heterocycles. The van der Waals surface area contributed by atoms with Gasteiger partial charge >= 0.3 is 5.97 Å². The molecule has 1 rings (SSSR count). The van der Waals surface area contributed by atoms with Crippen molar-refractivity contribution in [3.05, 3.63) is 29.8 Å². The van der Waals surface area contributed by atoms with E-state index in [-0.39, 0.29) is 12.0 Å². The lowest BCUT2D eigenvalue weighted by molar-refractivity contribution is -0.140. The molecule has 0 spiro atoms. The van der Waals surface area contributed by atoms with Crippen LogP contribution >= 0.6 is 0 Å². The van der Waals surface area contributed by atoms with Gasteiger partial charge in [0.15, 0.2) is 0 Å². The van der Waals surface area contributed by atoms with Crippen LogP contribution in [0.4, 0.5) is 0 Å². The first-order valence-electron chi connectivity index (χ1n) is 6.62. The Labute approximate surface area is 114 Å². The molecule has 1 atom stereocenters. The quantitative estimate of drug-likeness (QED) is 0.795. The second kappa shape index (κ2) is 7.14. The molecule has 0 fully saturated rings. The molecule has 4 heteroatoms. The predicted octanol–water partition coefficient (Wildman–Crippen LogP) is 2.67. The van der Waals surface area contributed by atoms with E-state index in [0.717, 1.165) is 11.3 Å². The molecule has 0 aromatic heterocycles. The van der Waals surface area contributed by atoms with Crippen molar-refractivity contribution in [2.24, 2.45) is 5.92 Å². The van der Waals surface area contributed by atoms with Crippen LogP contribution in [0.1, 0.15) is 33.3 Å². The Kier molecular flexibility index (Phi) is 5.83. The van der Waals surface area contributed by atoms with Gasteiger partial charge in [-0.15, -0.1) is 0 Å². The summed E-state index contributed by atoms with van der Waals surface area (Å²) in [5.41, 5.74) is 1.04. The molecule has 0 aliphatic rings. The Morgan fingerprint density at radius 2 is 1.79 bits per heavy atom. The van der Waals surface area contributed by atoms with Crippen LogP contribution in [0.25, 0.3) is 0 Å². The summed E-state index contributed by atoms with van der Waals surface area (Å²) < 4.78 is 5.56. The predicted molar refractivity (Wildman–Crippen MR) is 75.3 cm³/mol. The Bertz CT molecular complexity index is 398. The Morgan fingerprint density at radius 3 is 2.21 bits per heavy atom. The van der Waals surface area contributed by atoms with E-state index in [1.165, 1.54) is 0 Å². The fraction of sp³-hybridized carbons (Fsp3) is 0.533. The molecule has 0 bridgehead atoms. The van der Waals surface area contributed by atoms with Gasteiger partial charge in [-0.25, -0.2) is 0 Å². The number of ether oxygens (including phenoxy) is 1. The third-order valence-electron chi connectivity index (χ3n) is 2.75. The molecule has 1 aromatic rings. The van der Waals surface area contributed by atoms with Gasteiger partial charge in [0.1, 0.15) is 11.8 Å². The minimum Gasteiger partial charge on any atom is -0.491 e. The molecular weight excluding hydrogens is 242 g/mol. The third-order valence-corrected chi connectivity index (χ3v) is 2.75. The highest BCUT2D eigenvalue weighted by molar-refractivity contribution is 5.73. The van der Waals surface area contributed by atoms with Crippen molar-refractivity contribution in [2.45, 2.75) is 46.4 Å². The van der Waals surface area contributed by atoms with Crippen LogP contribution in [0.5, 0.6) is 5.75 Å². The van der Waals surface area contributed by atoms with Crippen LogP contribution < -0.4 is 10.1 Å². The van der Waals surface area contributed by atoms with Crippen LogP contribution in [0.15, 0.2) is 24.3 Å². The standard InChI is InChI=1S/C15H23NO3/c1-10(2)14(15(17)18)16-9-12-5-7-13(8-6-12)19-11(3)4/h5-8,10-11,14,16H,9H2,1-4H3,(H,17,18)/t14-/m0/s1. The van der Waals surface area contributed by atoms with Crippen molar-refractivity contribution in [1.82, 2.24) is 5.32 Å². The second-order valence-electron chi connectivity index (χ2n) is 5.25. The number of benzene rings is 1. The van der Waals surface area contributed by atoms with Crippen LogP contribution in [-0.2, 0) is 11.3 Å². The smallest absolute Gasteiger partial charge is 0.320 e. The van der Waals surface area contributed by atoms with E-state index in [2.05, 4.69) is 5.32 Å². The van der Waals surface area contributed by atoms with E-state index in [4.69, 9.17) is 9.84 Å². The SMILES string of the molecule is CC(C)Oc1ccc(CN[C@H](C(=O)O)C(C)C)cc1. The lowest BCUT2D eigenvalue weighted by Gasteiger charge is -2.18. The van der Waals surface area contributed by atoms with Gasteiger partial charge in [0.2, 0.25) is 0 Å². The maximum absolute atomic E-state index is 11.1. The minimum absolute atomic E-state index is 0.0565. The average Bonchev–Trinajstić information content (AvgIpc) is 2.29. The highest BCUT2D eigenvalue weighted by atomic mass is 16.5. The van der Waals surface area contributed by atoms with E-state index < -0.39 is 12.0 Å². The number of hydrogen-bond donors (Lipinski definition) is 2. The van der Waals surface area contributed by atoms with Crippen LogP contribution in [0, 0.1) is 5.92 Å². The molecule has 19 heavy (non-hydrogen) atoms. The van der Waals surface area contributed by atoms with E-state index in [1.54, 1.807) is 0 Å². The number of hydrogen-bond acceptors (Lipinski definition) is 3. The second-order valence-corrected chi connectivity index (χ2v) is 5.25. The van der Waals surface area contributed by atoms with E-state index in [1.807, 2.05) is 52.0 Å². The topological polar surface area (TPSA) is 58.6 Å². The molecule has 0 aliphatic heterocycles. The third kappa shape index (κ3) is 5.30. The molecule has 0 aliphatic carbocycles. The lowest BCUT2D eigenvalue weighted by atomic mass is 10.0. The van der Waals surface area contributed by atoms with Crippen LogP contribution in [0.3, 0.4) is 0 Å². The van der Waals surface area contributed by atoms with Gasteiger partial charge in [0, 0.05) is 6.54 Å². The van der Waals surface area contributed by atoms with E-state index in [0.29, 0.717) is 6.54 Å². The highest BCUT2D eigenvalue weighted by Gasteiger charge is 2.20. The van der Waals surface area contributed by atoms with Crippen molar-refractivity contribution < 1.29 is 14.6 Å². The number of nitrogens with one attached hydrogen (secondary N) is 1. The average molecular weight is 265 g/mol. The fourth-order valence-electron chi connectivity index (χ4n) is 1.79. The summed E-state index contributed by atoms with van der Waals surface area (Å²) in [6, 6.07) is 7.18. The van der Waals surface area contributed by atoms with Gasteiger partial charge in [-0.3, -0.25) is 4.79 Å². The van der Waals surface area contributed by atoms with Gasteiger partial charge in [-0.1, -0.05) is 26.0 Å². The lowest BCUT2D eigenvalue weighted by Crippen LogP contribution is -2.40. The highest BCUT2D eigenvalue weighted by Crippen LogP contribution is 2.14. The minimum atomic E-state index is -0.810. The van der Waals surface area contributed by atoms with Crippen LogP contribution in [0.2, 0.25) is 0 Å². The molecule has 0 radical (unpaired) electrons. The molecule has 4 nitrogen and oxygen atoms in total. The van der Waals surface area contributed by atoms with Crippen molar-refractivity contribution >= 4 is 5.97 Å². The molecular formula is C15H23NO3. The number of carboxylic acid groups (broad SMARTS) is 1. The number of carboxylic acids is 1. The zero-order valence-electron chi connectivity index (χ0n) is 12.0. The maximum atomic E-state index is 11.1. The van der Waals surface area contributed by atoms with Crippen molar-refractivity contribution in [3.63, 3.8) is 0 Å². The first-order valence-corrected chi connectivity index (χ1v) is 6.62. The van der Waals surface area contributed by atoms with Gasteiger partial charge < -0.3 is 15.2 Å². The molecule has 0 heterocycles. The summed E-state index contributed by atoms with van der Waals surface area (Å²) in [7, 11) is 0. The molecule has 0 saturated carbocycles. The maximum Gasteiger partial charge on any atom is 0.320 e. The van der Waals surface area contributed by atoms with Crippen molar-refractivity contribution in [3.8, 4) is 5.75 Å². The number of rotatable bonds is 7. The molecule has 2 N–H and O–H groups in total. The first kappa shape index (κ1) is 15.5. The fourth-order valence-corrected chi connectivity index (χ4v) is 1.79. The monoisotopic (exact) mass is 265 g/mol. The Morgan fingerprint density at radius 1 is 1.21 bits per heavy atom. The van der Waals surface area contributed by atoms with E-state index in [9.17, 15) is 4.79 Å². The summed E-state index contributed by atoms with van der Waals surface area (Å²) in [6.45, 7) is 8.29. The number of carbonyl (C=O) groups is 1. The Hall–Kier alpha value is -1.55. The van der Waals surface area contributed by atoms with Gasteiger partial charge in [-0.05, 0) is 37.5 Å². The zero-order valence-corrected chi connectivity index (χ0v) is 12.0. The van der Waals surface area contributed by atoms with Gasteiger partial charge in [-0.2, -0.15) is 0 Å². The van der Waals surface area contributed by atoms with Crippen molar-refractivity contribution in [2.75, 3.05) is 0 Å². The van der Waals surface area contributed by atoms with Crippen molar-refractivity contribution in [1.29, 1.82) is 0 Å². The molecule has 106 valence electrons. The molecule has 0 amide bonds. The van der Waals surface area contributed by atoms with Gasteiger partial charge in [0.05, 0.1) is 6.10 Å². The number of aliphatic carboxylic acids is 1. The first-order chi connectivity index (χ1) is 8.90. The summed E-state index contributed by atoms with van der Waals surface area (Å²) >= 11 is 0. The molecule has 0 unspecified atom stereocenters. The zero-order chi connectivity index (χ0) is 14.4. The molecule has 1 aromatic carbocycles. The normalized spacial score (nSPS) is 12.7.